The summed E-state index contributed by atoms with van der Waals surface area (Å²) >= 11 is 7.18. The Balaban J connectivity index is 1.64. The summed E-state index contributed by atoms with van der Waals surface area (Å²) in [5.74, 6) is -0.954. The van der Waals surface area contributed by atoms with Crippen LogP contribution in [0.3, 0.4) is 0 Å². The Labute approximate surface area is 135 Å². The summed E-state index contributed by atoms with van der Waals surface area (Å²) in [5.41, 5.74) is 0.654. The topological polar surface area (TPSA) is 66.5 Å². The lowest BCUT2D eigenvalue weighted by Crippen LogP contribution is -2.37. The zero-order chi connectivity index (χ0) is 15.7. The van der Waals surface area contributed by atoms with Gasteiger partial charge in [0.05, 0.1) is 16.0 Å². The first kappa shape index (κ1) is 14.7. The average Bonchev–Trinajstić information content (AvgIpc) is 3.10. The Bertz CT molecular complexity index is 758. The van der Waals surface area contributed by atoms with Crippen LogP contribution in [0.15, 0.2) is 35.7 Å². The molecule has 22 heavy (non-hydrogen) atoms. The van der Waals surface area contributed by atoms with E-state index in [9.17, 15) is 14.4 Å². The molecule has 3 amide bonds. The van der Waals surface area contributed by atoms with Gasteiger partial charge in [-0.1, -0.05) is 17.7 Å². The van der Waals surface area contributed by atoms with Crippen molar-refractivity contribution in [2.24, 2.45) is 0 Å². The molecule has 0 saturated carbocycles. The van der Waals surface area contributed by atoms with E-state index in [1.54, 1.807) is 24.3 Å². The summed E-state index contributed by atoms with van der Waals surface area (Å²) < 4.78 is 0. The summed E-state index contributed by atoms with van der Waals surface area (Å²) in [5, 5.41) is 4.91. The van der Waals surface area contributed by atoms with Crippen molar-refractivity contribution >= 4 is 40.7 Å². The lowest BCUT2D eigenvalue weighted by molar-refractivity contribution is 0.0650. The van der Waals surface area contributed by atoms with E-state index in [1.807, 2.05) is 5.38 Å². The molecule has 112 valence electrons. The van der Waals surface area contributed by atoms with E-state index in [4.69, 9.17) is 11.6 Å². The van der Waals surface area contributed by atoms with Gasteiger partial charge in [0.1, 0.15) is 0 Å². The van der Waals surface area contributed by atoms with Crippen LogP contribution in [-0.4, -0.2) is 35.7 Å². The minimum Gasteiger partial charge on any atom is -0.350 e. The molecule has 0 atom stereocenters. The summed E-state index contributed by atoms with van der Waals surface area (Å²) in [7, 11) is 0. The van der Waals surface area contributed by atoms with Crippen molar-refractivity contribution < 1.29 is 14.4 Å². The van der Waals surface area contributed by atoms with Gasteiger partial charge in [-0.05, 0) is 29.6 Å². The lowest BCUT2D eigenvalue weighted by Gasteiger charge is -2.13. The van der Waals surface area contributed by atoms with Crippen LogP contribution in [0.1, 0.15) is 30.4 Å². The summed E-state index contributed by atoms with van der Waals surface area (Å²) in [6.07, 6.45) is 0. The molecule has 0 radical (unpaired) electrons. The van der Waals surface area contributed by atoms with E-state index < -0.39 is 0 Å². The third-order valence-corrected chi connectivity index (χ3v) is 4.40. The predicted octanol–water partition coefficient (Wildman–Crippen LogP) is 2.43. The highest BCUT2D eigenvalue weighted by atomic mass is 35.5. The van der Waals surface area contributed by atoms with Gasteiger partial charge in [0.25, 0.3) is 17.7 Å². The SMILES string of the molecule is O=C(NCCN1C(=O)c2ccc(Cl)cc2C1=O)c1cccs1. The molecule has 0 spiro atoms. The number of halogens is 1. The Morgan fingerprint density at radius 3 is 2.68 bits per heavy atom. The van der Waals surface area contributed by atoms with Gasteiger partial charge in [0, 0.05) is 18.1 Å². The molecule has 2 aromatic rings. The number of benzene rings is 1. The molecule has 5 nitrogen and oxygen atoms in total. The predicted molar refractivity (Wildman–Crippen MR) is 83.5 cm³/mol. The van der Waals surface area contributed by atoms with Crippen molar-refractivity contribution in [2.45, 2.75) is 0 Å². The Morgan fingerprint density at radius 2 is 1.95 bits per heavy atom. The minimum absolute atomic E-state index is 0.126. The van der Waals surface area contributed by atoms with E-state index in [0.29, 0.717) is 21.0 Å². The molecule has 0 unspecified atom stereocenters. The zero-order valence-corrected chi connectivity index (χ0v) is 12.9. The van der Waals surface area contributed by atoms with Gasteiger partial charge in [-0.15, -0.1) is 11.3 Å². The van der Waals surface area contributed by atoms with Crippen molar-refractivity contribution in [1.29, 1.82) is 0 Å². The van der Waals surface area contributed by atoms with Crippen molar-refractivity contribution in [1.82, 2.24) is 10.2 Å². The van der Waals surface area contributed by atoms with Gasteiger partial charge in [-0.3, -0.25) is 19.3 Å². The first-order valence-corrected chi connectivity index (χ1v) is 7.81. The van der Waals surface area contributed by atoms with Crippen LogP contribution >= 0.6 is 22.9 Å². The fourth-order valence-electron chi connectivity index (χ4n) is 2.24. The van der Waals surface area contributed by atoms with Crippen molar-refractivity contribution in [3.8, 4) is 0 Å². The molecule has 7 heteroatoms. The van der Waals surface area contributed by atoms with E-state index in [0.717, 1.165) is 4.90 Å². The number of nitrogens with zero attached hydrogens (tertiary/aromatic N) is 1. The average molecular weight is 335 g/mol. The maximum Gasteiger partial charge on any atom is 0.261 e. The number of thiophene rings is 1. The first-order chi connectivity index (χ1) is 10.6. The fourth-order valence-corrected chi connectivity index (χ4v) is 3.05. The normalized spacial score (nSPS) is 13.4. The summed E-state index contributed by atoms with van der Waals surface area (Å²) in [6, 6.07) is 8.11. The molecule has 1 aromatic carbocycles. The van der Waals surface area contributed by atoms with Crippen LogP contribution in [0.5, 0.6) is 0 Å². The molecule has 0 saturated heterocycles. The molecule has 0 aliphatic carbocycles. The second kappa shape index (κ2) is 5.90. The molecular weight excluding hydrogens is 324 g/mol. The van der Waals surface area contributed by atoms with E-state index in [1.165, 1.54) is 17.4 Å². The van der Waals surface area contributed by atoms with E-state index in [-0.39, 0.29) is 30.8 Å². The Morgan fingerprint density at radius 1 is 1.18 bits per heavy atom. The van der Waals surface area contributed by atoms with Crippen LogP contribution in [0.4, 0.5) is 0 Å². The van der Waals surface area contributed by atoms with Crippen LogP contribution in [-0.2, 0) is 0 Å². The minimum atomic E-state index is -0.382. The fraction of sp³-hybridized carbons (Fsp3) is 0.133. The molecule has 0 bridgehead atoms. The smallest absolute Gasteiger partial charge is 0.261 e. The lowest BCUT2D eigenvalue weighted by atomic mass is 10.1. The summed E-state index contributed by atoms with van der Waals surface area (Å²) in [4.78, 5) is 37.9. The molecule has 1 N–H and O–H groups in total. The highest BCUT2D eigenvalue weighted by Gasteiger charge is 2.35. The molecule has 1 aromatic heterocycles. The second-order valence-corrected chi connectivity index (χ2v) is 6.07. The maximum atomic E-state index is 12.2. The Hall–Kier alpha value is -2.18. The number of hydrogen-bond acceptors (Lipinski definition) is 4. The van der Waals surface area contributed by atoms with E-state index >= 15 is 0 Å². The van der Waals surface area contributed by atoms with Crippen molar-refractivity contribution in [3.05, 3.63) is 56.7 Å². The van der Waals surface area contributed by atoms with Gasteiger partial charge in [-0.2, -0.15) is 0 Å². The zero-order valence-electron chi connectivity index (χ0n) is 11.3. The van der Waals surface area contributed by atoms with Gasteiger partial charge < -0.3 is 5.32 Å². The van der Waals surface area contributed by atoms with Crippen LogP contribution in [0, 0.1) is 0 Å². The standard InChI is InChI=1S/C15H11ClN2O3S/c16-9-3-4-10-11(8-9)15(21)18(14(10)20)6-5-17-13(19)12-2-1-7-22-12/h1-4,7-8H,5-6H2,(H,17,19). The van der Waals surface area contributed by atoms with Crippen LogP contribution in [0.2, 0.25) is 5.02 Å². The number of amides is 3. The number of carbonyl (C=O) groups excluding carboxylic acids is 3. The quantitative estimate of drug-likeness (QED) is 0.873. The number of hydrogen-bond donors (Lipinski definition) is 1. The van der Waals surface area contributed by atoms with Gasteiger partial charge in [0.2, 0.25) is 0 Å². The number of carbonyl (C=O) groups is 3. The third kappa shape index (κ3) is 2.63. The highest BCUT2D eigenvalue weighted by Crippen LogP contribution is 2.25. The second-order valence-electron chi connectivity index (χ2n) is 4.69. The number of nitrogens with one attached hydrogen (secondary N) is 1. The van der Waals surface area contributed by atoms with Crippen LogP contribution in [0.25, 0.3) is 0 Å². The number of fused-ring (bicyclic) bond motifs is 1. The Kier molecular flexibility index (Phi) is 3.96. The molecule has 2 heterocycles. The highest BCUT2D eigenvalue weighted by molar-refractivity contribution is 7.12. The largest absolute Gasteiger partial charge is 0.350 e. The van der Waals surface area contributed by atoms with E-state index in [2.05, 4.69) is 5.32 Å². The first-order valence-electron chi connectivity index (χ1n) is 6.55. The number of imide groups is 1. The number of rotatable bonds is 4. The van der Waals surface area contributed by atoms with Crippen LogP contribution < -0.4 is 5.32 Å². The van der Waals surface area contributed by atoms with Gasteiger partial charge in [0.15, 0.2) is 0 Å². The molecule has 3 rings (SSSR count). The maximum absolute atomic E-state index is 12.2. The summed E-state index contributed by atoms with van der Waals surface area (Å²) in [6.45, 7) is 0.330. The van der Waals surface area contributed by atoms with Crippen molar-refractivity contribution in [2.75, 3.05) is 13.1 Å². The monoisotopic (exact) mass is 334 g/mol. The molecule has 0 fully saturated rings. The van der Waals surface area contributed by atoms with Gasteiger partial charge in [-0.25, -0.2) is 0 Å². The molecule has 1 aliphatic rings. The molecule has 1 aliphatic heterocycles. The third-order valence-electron chi connectivity index (χ3n) is 3.30. The molecular formula is C15H11ClN2O3S. The van der Waals surface area contributed by atoms with Gasteiger partial charge >= 0.3 is 0 Å². The van der Waals surface area contributed by atoms with Crippen molar-refractivity contribution in [3.63, 3.8) is 0 Å².